The molecule has 1 rings (SSSR count). The average Bonchev–Trinajstić information content (AvgIpc) is 2.15. The van der Waals surface area contributed by atoms with Crippen LogP contribution in [0.4, 0.5) is 0 Å². The van der Waals surface area contributed by atoms with Crippen molar-refractivity contribution in [3.05, 3.63) is 17.2 Å². The lowest BCUT2D eigenvalue weighted by Gasteiger charge is -1.94. The molecule has 4 heteroatoms. The second kappa shape index (κ2) is 2.71. The zero-order valence-electron chi connectivity index (χ0n) is 4.93. The normalized spacial score (nSPS) is 10.1. The molecule has 50 valence electrons. The van der Waals surface area contributed by atoms with Crippen molar-refractivity contribution in [2.24, 2.45) is 7.05 Å². The average molecular weight is 209 g/mol. The van der Waals surface area contributed by atoms with Crippen LogP contribution in [0.5, 0.6) is 0 Å². The van der Waals surface area contributed by atoms with Gasteiger partial charge in [0.25, 0.3) is 0 Å². The van der Waals surface area contributed by atoms with Gasteiger partial charge in [-0.15, -0.1) is 0 Å². The fourth-order valence-corrected chi connectivity index (χ4v) is 1.22. The Balaban J connectivity index is 3.04. The second-order valence-corrected chi connectivity index (χ2v) is 2.64. The van der Waals surface area contributed by atoms with Crippen LogP contribution < -0.4 is 0 Å². The van der Waals surface area contributed by atoms with E-state index in [4.69, 9.17) is 11.6 Å². The molecule has 0 aliphatic rings. The Morgan fingerprint density at radius 1 is 1.89 bits per heavy atom. The van der Waals surface area contributed by atoms with E-state index >= 15 is 0 Å². The van der Waals surface area contributed by atoms with Crippen LogP contribution in [0.3, 0.4) is 0 Å². The van der Waals surface area contributed by atoms with Gasteiger partial charge in [-0.25, -0.2) is 4.98 Å². The smallest absolute Gasteiger partial charge is 0.128 e. The zero-order valence-corrected chi connectivity index (χ0v) is 7.28. The van der Waals surface area contributed by atoms with Gasteiger partial charge in [-0.05, 0) is 0 Å². The summed E-state index contributed by atoms with van der Waals surface area (Å²) in [5.41, 5.74) is 0. The van der Waals surface area contributed by atoms with Crippen LogP contribution in [0.2, 0.25) is 5.15 Å². The summed E-state index contributed by atoms with van der Waals surface area (Å²) in [6, 6.07) is 0. The number of hydrogen-bond donors (Lipinski definition) is 0. The van der Waals surface area contributed by atoms with Gasteiger partial charge in [0.15, 0.2) is 0 Å². The molecule has 1 aromatic heterocycles. The van der Waals surface area contributed by atoms with E-state index in [9.17, 15) is 0 Å². The van der Waals surface area contributed by atoms with Gasteiger partial charge < -0.3 is 4.57 Å². The van der Waals surface area contributed by atoms with Crippen molar-refractivity contribution in [3.8, 4) is 0 Å². The maximum absolute atomic E-state index is 5.69. The summed E-state index contributed by atoms with van der Waals surface area (Å²) in [6.07, 6.45) is 1.64. The molecule has 0 spiro atoms. The van der Waals surface area contributed by atoms with Crippen LogP contribution in [0.1, 0.15) is 5.82 Å². The SMILES string of the molecule is Cn1c(Cl)cnc1CBr. The van der Waals surface area contributed by atoms with E-state index in [0.717, 1.165) is 11.2 Å². The van der Waals surface area contributed by atoms with Gasteiger partial charge in [0.1, 0.15) is 11.0 Å². The van der Waals surface area contributed by atoms with Gasteiger partial charge in [0, 0.05) is 7.05 Å². The molecule has 0 atom stereocenters. The Hall–Kier alpha value is -0.0200. The number of imidazole rings is 1. The lowest BCUT2D eigenvalue weighted by molar-refractivity contribution is 0.853. The molecule has 0 saturated heterocycles. The Labute approximate surface area is 67.0 Å². The molecule has 0 bridgehead atoms. The van der Waals surface area contributed by atoms with Crippen LogP contribution in [0.15, 0.2) is 6.20 Å². The van der Waals surface area contributed by atoms with Crippen molar-refractivity contribution in [1.29, 1.82) is 0 Å². The van der Waals surface area contributed by atoms with Crippen molar-refractivity contribution in [2.45, 2.75) is 5.33 Å². The molecule has 0 aliphatic carbocycles. The molecular formula is C5H6BrClN2. The highest BCUT2D eigenvalue weighted by Crippen LogP contribution is 2.10. The summed E-state index contributed by atoms with van der Waals surface area (Å²) in [5.74, 6) is 0.944. The first-order chi connectivity index (χ1) is 4.25. The van der Waals surface area contributed by atoms with Crippen LogP contribution in [0, 0.1) is 0 Å². The number of alkyl halides is 1. The molecule has 1 aromatic rings. The van der Waals surface area contributed by atoms with Gasteiger partial charge in [-0.1, -0.05) is 27.5 Å². The number of rotatable bonds is 1. The van der Waals surface area contributed by atoms with E-state index in [1.807, 2.05) is 11.6 Å². The predicted octanol–water partition coefficient (Wildman–Crippen LogP) is 1.97. The molecule has 0 N–H and O–H groups in total. The molecule has 2 nitrogen and oxygen atoms in total. The summed E-state index contributed by atoms with van der Waals surface area (Å²) in [6.45, 7) is 0. The summed E-state index contributed by atoms with van der Waals surface area (Å²) < 4.78 is 1.83. The minimum atomic E-state index is 0.671. The highest BCUT2D eigenvalue weighted by Gasteiger charge is 1.99. The number of nitrogens with zero attached hydrogens (tertiary/aromatic N) is 2. The highest BCUT2D eigenvalue weighted by molar-refractivity contribution is 9.08. The lowest BCUT2D eigenvalue weighted by atomic mass is 10.7. The monoisotopic (exact) mass is 208 g/mol. The van der Waals surface area contributed by atoms with Crippen LogP contribution in [-0.4, -0.2) is 9.55 Å². The van der Waals surface area contributed by atoms with E-state index < -0.39 is 0 Å². The second-order valence-electron chi connectivity index (χ2n) is 1.69. The molecule has 0 saturated carbocycles. The Morgan fingerprint density at radius 2 is 2.56 bits per heavy atom. The van der Waals surface area contributed by atoms with Crippen molar-refractivity contribution in [1.82, 2.24) is 9.55 Å². The molecule has 0 aromatic carbocycles. The molecule has 0 unspecified atom stereocenters. The highest BCUT2D eigenvalue weighted by atomic mass is 79.9. The Bertz CT molecular complexity index is 209. The quantitative estimate of drug-likeness (QED) is 0.647. The third-order valence-corrected chi connectivity index (χ3v) is 2.00. The fourth-order valence-electron chi connectivity index (χ4n) is 0.548. The zero-order chi connectivity index (χ0) is 6.85. The van der Waals surface area contributed by atoms with Gasteiger partial charge in [0.2, 0.25) is 0 Å². The van der Waals surface area contributed by atoms with Crippen LogP contribution in [-0.2, 0) is 12.4 Å². The Morgan fingerprint density at radius 3 is 2.78 bits per heavy atom. The molecule has 9 heavy (non-hydrogen) atoms. The topological polar surface area (TPSA) is 17.8 Å². The predicted molar refractivity (Wildman–Crippen MR) is 40.8 cm³/mol. The van der Waals surface area contributed by atoms with E-state index in [-0.39, 0.29) is 0 Å². The minimum Gasteiger partial charge on any atom is -0.322 e. The molecule has 0 aliphatic heterocycles. The third-order valence-electron chi connectivity index (χ3n) is 1.15. The summed E-state index contributed by atoms with van der Waals surface area (Å²) in [4.78, 5) is 4.02. The number of halogens is 2. The van der Waals surface area contributed by atoms with E-state index in [0.29, 0.717) is 5.15 Å². The van der Waals surface area contributed by atoms with Gasteiger partial charge in [-0.2, -0.15) is 0 Å². The van der Waals surface area contributed by atoms with Crippen molar-refractivity contribution in [2.75, 3.05) is 0 Å². The van der Waals surface area contributed by atoms with Crippen molar-refractivity contribution in [3.63, 3.8) is 0 Å². The van der Waals surface area contributed by atoms with Gasteiger partial charge in [0.05, 0.1) is 11.5 Å². The summed E-state index contributed by atoms with van der Waals surface area (Å²) in [5, 5.41) is 1.42. The summed E-state index contributed by atoms with van der Waals surface area (Å²) in [7, 11) is 1.88. The maximum Gasteiger partial charge on any atom is 0.128 e. The fraction of sp³-hybridized carbons (Fsp3) is 0.400. The largest absolute Gasteiger partial charge is 0.322 e. The van der Waals surface area contributed by atoms with E-state index in [1.165, 1.54) is 0 Å². The lowest BCUT2D eigenvalue weighted by Crippen LogP contribution is -1.93. The summed E-state index contributed by atoms with van der Waals surface area (Å²) >= 11 is 8.97. The molecule has 1 heterocycles. The third kappa shape index (κ3) is 1.27. The van der Waals surface area contributed by atoms with Crippen molar-refractivity contribution < 1.29 is 0 Å². The first-order valence-corrected chi connectivity index (χ1v) is 3.97. The van der Waals surface area contributed by atoms with E-state index in [2.05, 4.69) is 20.9 Å². The molecule has 0 amide bonds. The van der Waals surface area contributed by atoms with Crippen LogP contribution in [0.25, 0.3) is 0 Å². The maximum atomic E-state index is 5.69. The van der Waals surface area contributed by atoms with Crippen LogP contribution >= 0.6 is 27.5 Å². The molecule has 0 fully saturated rings. The molecule has 0 radical (unpaired) electrons. The number of hydrogen-bond acceptors (Lipinski definition) is 1. The Kier molecular flexibility index (Phi) is 2.13. The van der Waals surface area contributed by atoms with Gasteiger partial charge in [-0.3, -0.25) is 0 Å². The van der Waals surface area contributed by atoms with Gasteiger partial charge >= 0.3 is 0 Å². The molecular weight excluding hydrogens is 203 g/mol. The first kappa shape index (κ1) is 7.09. The minimum absolute atomic E-state index is 0.671. The number of aromatic nitrogens is 2. The first-order valence-electron chi connectivity index (χ1n) is 2.47. The standard InChI is InChI=1S/C5H6BrClN2/c1-9-4(7)3-8-5(9)2-6/h3H,2H2,1H3. The van der Waals surface area contributed by atoms with E-state index in [1.54, 1.807) is 6.20 Å². The van der Waals surface area contributed by atoms with Crippen molar-refractivity contribution >= 4 is 27.5 Å².